The van der Waals surface area contributed by atoms with Crippen LogP contribution in [0.2, 0.25) is 0 Å². The molecule has 1 saturated carbocycles. The summed E-state index contributed by atoms with van der Waals surface area (Å²) in [5.74, 6) is 1.77. The van der Waals surface area contributed by atoms with Crippen LogP contribution >= 0.6 is 0 Å². The average molecular weight is 302 g/mol. The Bertz CT molecular complexity index is 449. The summed E-state index contributed by atoms with van der Waals surface area (Å²) < 4.78 is 0. The SMILES string of the molecule is CCN(CC)C(CNC(=NC)NCC1CC1)c1ccccc1. The monoisotopic (exact) mass is 302 g/mol. The van der Waals surface area contributed by atoms with Crippen LogP contribution in [0.4, 0.5) is 0 Å². The van der Waals surface area contributed by atoms with E-state index in [4.69, 9.17) is 0 Å². The standard InChI is InChI=1S/C18H30N4/c1-4-22(5-2)17(16-9-7-6-8-10-16)14-21-18(19-3)20-13-15-11-12-15/h6-10,15,17H,4-5,11-14H2,1-3H3,(H2,19,20,21). The van der Waals surface area contributed by atoms with Crippen LogP contribution < -0.4 is 10.6 Å². The third-order valence-corrected chi connectivity index (χ3v) is 4.38. The van der Waals surface area contributed by atoms with Gasteiger partial charge in [-0.3, -0.25) is 9.89 Å². The molecule has 1 aromatic carbocycles. The van der Waals surface area contributed by atoms with E-state index in [1.165, 1.54) is 18.4 Å². The Labute approximate surface area is 135 Å². The summed E-state index contributed by atoms with van der Waals surface area (Å²) in [7, 11) is 1.84. The van der Waals surface area contributed by atoms with Gasteiger partial charge in [-0.2, -0.15) is 0 Å². The maximum absolute atomic E-state index is 4.34. The molecule has 0 amide bonds. The summed E-state index contributed by atoms with van der Waals surface area (Å²) in [5, 5.41) is 6.93. The summed E-state index contributed by atoms with van der Waals surface area (Å²) in [6.45, 7) is 8.45. The fourth-order valence-electron chi connectivity index (χ4n) is 2.77. The zero-order valence-electron chi connectivity index (χ0n) is 14.2. The van der Waals surface area contributed by atoms with E-state index >= 15 is 0 Å². The van der Waals surface area contributed by atoms with Crippen LogP contribution in [0.25, 0.3) is 0 Å². The Morgan fingerprint density at radius 2 is 1.86 bits per heavy atom. The van der Waals surface area contributed by atoms with Crippen LogP contribution in [0.1, 0.15) is 38.3 Å². The van der Waals surface area contributed by atoms with E-state index in [0.29, 0.717) is 6.04 Å². The highest BCUT2D eigenvalue weighted by molar-refractivity contribution is 5.79. The molecule has 1 aliphatic rings. The number of nitrogens with zero attached hydrogens (tertiary/aromatic N) is 2. The highest BCUT2D eigenvalue weighted by Gasteiger charge is 2.22. The predicted octanol–water partition coefficient (Wildman–Crippen LogP) is 2.64. The van der Waals surface area contributed by atoms with Gasteiger partial charge in [0, 0.05) is 20.1 Å². The quantitative estimate of drug-likeness (QED) is 0.573. The number of benzene rings is 1. The summed E-state index contributed by atoms with van der Waals surface area (Å²) in [6, 6.07) is 11.1. The first kappa shape index (κ1) is 16.8. The van der Waals surface area contributed by atoms with Crippen molar-refractivity contribution in [3.05, 3.63) is 35.9 Å². The largest absolute Gasteiger partial charge is 0.356 e. The lowest BCUT2D eigenvalue weighted by molar-refractivity contribution is 0.219. The van der Waals surface area contributed by atoms with Crippen molar-refractivity contribution >= 4 is 5.96 Å². The lowest BCUT2D eigenvalue weighted by Crippen LogP contribution is -2.43. The van der Waals surface area contributed by atoms with E-state index in [1.807, 2.05) is 7.05 Å². The molecule has 0 aromatic heterocycles. The van der Waals surface area contributed by atoms with E-state index in [0.717, 1.165) is 38.1 Å². The molecule has 0 bridgehead atoms. The Morgan fingerprint density at radius 3 is 2.41 bits per heavy atom. The van der Waals surface area contributed by atoms with E-state index < -0.39 is 0 Å². The molecule has 1 atom stereocenters. The van der Waals surface area contributed by atoms with E-state index in [1.54, 1.807) is 0 Å². The summed E-state index contributed by atoms with van der Waals surface area (Å²) >= 11 is 0. The fraction of sp³-hybridized carbons (Fsp3) is 0.611. The summed E-state index contributed by atoms with van der Waals surface area (Å²) in [5.41, 5.74) is 1.36. The number of likely N-dealkylation sites (N-methyl/N-ethyl adjacent to an activating group) is 1. The molecule has 2 rings (SSSR count). The second-order valence-electron chi connectivity index (χ2n) is 5.93. The van der Waals surface area contributed by atoms with Gasteiger partial charge >= 0.3 is 0 Å². The van der Waals surface area contributed by atoms with Crippen molar-refractivity contribution in [1.82, 2.24) is 15.5 Å². The smallest absolute Gasteiger partial charge is 0.191 e. The van der Waals surface area contributed by atoms with Gasteiger partial charge in [-0.25, -0.2) is 0 Å². The number of nitrogens with one attached hydrogen (secondary N) is 2. The number of hydrogen-bond acceptors (Lipinski definition) is 2. The Hall–Kier alpha value is -1.55. The molecule has 4 heteroatoms. The molecule has 0 spiro atoms. The van der Waals surface area contributed by atoms with Crippen molar-refractivity contribution in [3.8, 4) is 0 Å². The zero-order chi connectivity index (χ0) is 15.8. The minimum Gasteiger partial charge on any atom is -0.356 e. The van der Waals surface area contributed by atoms with Crippen LogP contribution in [-0.4, -0.2) is 44.1 Å². The number of aliphatic imine (C=N–C) groups is 1. The van der Waals surface area contributed by atoms with Crippen LogP contribution in [-0.2, 0) is 0 Å². The maximum Gasteiger partial charge on any atom is 0.191 e. The molecule has 4 nitrogen and oxygen atoms in total. The summed E-state index contributed by atoms with van der Waals surface area (Å²) in [4.78, 5) is 6.82. The molecule has 0 aliphatic heterocycles. The molecule has 22 heavy (non-hydrogen) atoms. The molecule has 122 valence electrons. The fourth-order valence-corrected chi connectivity index (χ4v) is 2.77. The lowest BCUT2D eigenvalue weighted by Gasteiger charge is -2.30. The molecule has 1 aromatic rings. The lowest BCUT2D eigenvalue weighted by atomic mass is 10.1. The molecule has 0 radical (unpaired) electrons. The first-order chi connectivity index (χ1) is 10.8. The molecule has 1 fully saturated rings. The second-order valence-corrected chi connectivity index (χ2v) is 5.93. The van der Waals surface area contributed by atoms with Gasteiger partial charge in [0.05, 0.1) is 6.04 Å². The third-order valence-electron chi connectivity index (χ3n) is 4.38. The molecule has 1 unspecified atom stereocenters. The van der Waals surface area contributed by atoms with Gasteiger partial charge in [0.15, 0.2) is 5.96 Å². The van der Waals surface area contributed by atoms with E-state index in [2.05, 4.69) is 64.7 Å². The minimum absolute atomic E-state index is 0.371. The molecule has 1 aliphatic carbocycles. The predicted molar refractivity (Wildman–Crippen MR) is 94.2 cm³/mol. The van der Waals surface area contributed by atoms with Gasteiger partial charge < -0.3 is 10.6 Å². The number of rotatable bonds is 8. The van der Waals surface area contributed by atoms with Crippen LogP contribution in [0.5, 0.6) is 0 Å². The highest BCUT2D eigenvalue weighted by Crippen LogP contribution is 2.27. The van der Waals surface area contributed by atoms with Crippen molar-refractivity contribution in [2.24, 2.45) is 10.9 Å². The zero-order valence-corrected chi connectivity index (χ0v) is 14.2. The average Bonchev–Trinajstić information content (AvgIpc) is 3.39. The Balaban J connectivity index is 1.96. The Kier molecular flexibility index (Phi) is 6.72. The number of guanidine groups is 1. The van der Waals surface area contributed by atoms with Gasteiger partial charge in [-0.15, -0.1) is 0 Å². The first-order valence-corrected chi connectivity index (χ1v) is 8.52. The van der Waals surface area contributed by atoms with Gasteiger partial charge in [-0.05, 0) is 37.4 Å². The van der Waals surface area contributed by atoms with Gasteiger partial charge in [0.2, 0.25) is 0 Å². The molecule has 2 N–H and O–H groups in total. The Morgan fingerprint density at radius 1 is 1.18 bits per heavy atom. The van der Waals surface area contributed by atoms with Crippen molar-refractivity contribution in [3.63, 3.8) is 0 Å². The topological polar surface area (TPSA) is 39.7 Å². The van der Waals surface area contributed by atoms with Gasteiger partial charge in [-0.1, -0.05) is 44.2 Å². The molecule has 0 saturated heterocycles. The summed E-state index contributed by atoms with van der Waals surface area (Å²) in [6.07, 6.45) is 2.71. The van der Waals surface area contributed by atoms with Gasteiger partial charge in [0.1, 0.15) is 0 Å². The molecular weight excluding hydrogens is 272 g/mol. The minimum atomic E-state index is 0.371. The van der Waals surface area contributed by atoms with Crippen molar-refractivity contribution < 1.29 is 0 Å². The van der Waals surface area contributed by atoms with E-state index in [9.17, 15) is 0 Å². The normalized spacial score (nSPS) is 16.6. The first-order valence-electron chi connectivity index (χ1n) is 8.52. The van der Waals surface area contributed by atoms with Gasteiger partial charge in [0.25, 0.3) is 0 Å². The second kappa shape index (κ2) is 8.79. The van der Waals surface area contributed by atoms with Crippen molar-refractivity contribution in [2.45, 2.75) is 32.7 Å². The number of hydrogen-bond donors (Lipinski definition) is 2. The molecule has 0 heterocycles. The third kappa shape index (κ3) is 5.02. The van der Waals surface area contributed by atoms with E-state index in [-0.39, 0.29) is 0 Å². The molecular formula is C18H30N4. The van der Waals surface area contributed by atoms with Crippen LogP contribution in [0.15, 0.2) is 35.3 Å². The van der Waals surface area contributed by atoms with Crippen LogP contribution in [0.3, 0.4) is 0 Å². The van der Waals surface area contributed by atoms with Crippen LogP contribution in [0, 0.1) is 5.92 Å². The van der Waals surface area contributed by atoms with Crippen molar-refractivity contribution in [2.75, 3.05) is 33.2 Å². The van der Waals surface area contributed by atoms with Crippen molar-refractivity contribution in [1.29, 1.82) is 0 Å². The highest BCUT2D eigenvalue weighted by atomic mass is 15.2. The maximum atomic E-state index is 4.34.